The van der Waals surface area contributed by atoms with Crippen molar-refractivity contribution in [2.45, 2.75) is 13.5 Å². The van der Waals surface area contributed by atoms with E-state index in [1.807, 2.05) is 12.1 Å². The number of fused-ring (bicyclic) bond motifs is 1. The SMILES string of the molecule is Cc1nc(COc2ccc(F)cc2)sc1C(=O)Nc1nc2ccc(Cl)cc2s1. The first kappa shape index (κ1) is 18.8. The molecule has 4 aromatic rings. The number of ether oxygens (including phenoxy) is 1. The van der Waals surface area contributed by atoms with E-state index in [-0.39, 0.29) is 18.3 Å². The number of hydrogen-bond donors (Lipinski definition) is 1. The summed E-state index contributed by atoms with van der Waals surface area (Å²) in [5, 5.41) is 4.59. The normalized spacial score (nSPS) is 11.0. The number of thiazole rings is 2. The second kappa shape index (κ2) is 7.83. The van der Waals surface area contributed by atoms with E-state index in [0.29, 0.717) is 31.5 Å². The van der Waals surface area contributed by atoms with Crippen LogP contribution in [0, 0.1) is 12.7 Å². The van der Waals surface area contributed by atoms with Gasteiger partial charge in [-0.25, -0.2) is 14.4 Å². The first-order chi connectivity index (χ1) is 13.5. The summed E-state index contributed by atoms with van der Waals surface area (Å²) in [4.78, 5) is 21.9. The Kier molecular flexibility index (Phi) is 5.25. The third-order valence-electron chi connectivity index (χ3n) is 3.79. The number of amides is 1. The number of halogens is 2. The molecule has 0 unspecified atom stereocenters. The van der Waals surface area contributed by atoms with Gasteiger partial charge in [-0.15, -0.1) is 11.3 Å². The van der Waals surface area contributed by atoms with Crippen molar-refractivity contribution in [2.75, 3.05) is 5.32 Å². The largest absolute Gasteiger partial charge is 0.486 e. The van der Waals surface area contributed by atoms with Crippen molar-refractivity contribution >= 4 is 55.5 Å². The lowest BCUT2D eigenvalue weighted by Gasteiger charge is -2.03. The highest BCUT2D eigenvalue weighted by molar-refractivity contribution is 7.22. The average Bonchev–Trinajstić information content (AvgIpc) is 3.23. The van der Waals surface area contributed by atoms with Crippen molar-refractivity contribution < 1.29 is 13.9 Å². The maximum Gasteiger partial charge on any atom is 0.269 e. The quantitative estimate of drug-likeness (QED) is 0.439. The topological polar surface area (TPSA) is 64.1 Å². The number of anilines is 1. The second-order valence-electron chi connectivity index (χ2n) is 5.85. The average molecular weight is 434 g/mol. The highest BCUT2D eigenvalue weighted by atomic mass is 35.5. The molecule has 2 heterocycles. The zero-order valence-electron chi connectivity index (χ0n) is 14.5. The highest BCUT2D eigenvalue weighted by Gasteiger charge is 2.17. The molecule has 0 saturated heterocycles. The molecule has 0 radical (unpaired) electrons. The Morgan fingerprint density at radius 3 is 2.75 bits per heavy atom. The van der Waals surface area contributed by atoms with E-state index in [4.69, 9.17) is 16.3 Å². The molecule has 0 aliphatic carbocycles. The molecule has 0 bridgehead atoms. The molecule has 0 fully saturated rings. The molecule has 9 heteroatoms. The van der Waals surface area contributed by atoms with Crippen LogP contribution in [0.25, 0.3) is 10.2 Å². The fraction of sp³-hybridized carbons (Fsp3) is 0.105. The van der Waals surface area contributed by atoms with E-state index >= 15 is 0 Å². The first-order valence-corrected chi connectivity index (χ1v) is 10.2. The summed E-state index contributed by atoms with van der Waals surface area (Å²) in [6.07, 6.45) is 0. The van der Waals surface area contributed by atoms with Crippen molar-refractivity contribution in [2.24, 2.45) is 0 Å². The Balaban J connectivity index is 1.45. The molecular formula is C19H13ClFN3O2S2. The summed E-state index contributed by atoms with van der Waals surface area (Å²) < 4.78 is 19.4. The monoisotopic (exact) mass is 433 g/mol. The van der Waals surface area contributed by atoms with Crippen LogP contribution in [-0.2, 0) is 6.61 Å². The fourth-order valence-corrected chi connectivity index (χ4v) is 4.52. The van der Waals surface area contributed by atoms with Gasteiger partial charge in [0.1, 0.15) is 28.1 Å². The van der Waals surface area contributed by atoms with Crippen molar-refractivity contribution in [3.05, 3.63) is 68.9 Å². The lowest BCUT2D eigenvalue weighted by molar-refractivity contribution is 0.103. The minimum absolute atomic E-state index is 0.198. The van der Waals surface area contributed by atoms with E-state index in [1.165, 1.54) is 34.8 Å². The van der Waals surface area contributed by atoms with Gasteiger partial charge in [0, 0.05) is 5.02 Å². The Labute approximate surface area is 172 Å². The van der Waals surface area contributed by atoms with Crippen LogP contribution < -0.4 is 10.1 Å². The van der Waals surface area contributed by atoms with Gasteiger partial charge in [-0.3, -0.25) is 10.1 Å². The number of hydrogen-bond acceptors (Lipinski definition) is 6. The van der Waals surface area contributed by atoms with Gasteiger partial charge in [0.05, 0.1) is 15.9 Å². The summed E-state index contributed by atoms with van der Waals surface area (Å²) in [5.74, 6) is -0.0601. The van der Waals surface area contributed by atoms with Crippen LogP contribution in [0.2, 0.25) is 5.02 Å². The predicted molar refractivity (Wildman–Crippen MR) is 110 cm³/mol. The fourth-order valence-electron chi connectivity index (χ4n) is 2.51. The molecule has 4 rings (SSSR count). The molecule has 1 amide bonds. The van der Waals surface area contributed by atoms with E-state index in [2.05, 4.69) is 15.3 Å². The Hall–Kier alpha value is -2.55. The number of carbonyl (C=O) groups is 1. The van der Waals surface area contributed by atoms with Crippen LogP contribution in [0.15, 0.2) is 42.5 Å². The van der Waals surface area contributed by atoms with Gasteiger partial charge in [-0.05, 0) is 49.4 Å². The standard InChI is InChI=1S/C19H13ClFN3O2S2/c1-10-17(28-16(22-10)9-26-13-5-3-12(21)4-6-13)18(25)24-19-23-14-7-2-11(20)8-15(14)27-19/h2-8H,9H2,1H3,(H,23,24,25). The van der Waals surface area contributed by atoms with Crippen molar-refractivity contribution in [3.63, 3.8) is 0 Å². The number of rotatable bonds is 5. The minimum Gasteiger partial charge on any atom is -0.486 e. The van der Waals surface area contributed by atoms with Gasteiger partial charge in [0.2, 0.25) is 0 Å². The van der Waals surface area contributed by atoms with Crippen LogP contribution in [0.4, 0.5) is 9.52 Å². The number of aromatic nitrogens is 2. The van der Waals surface area contributed by atoms with E-state index in [9.17, 15) is 9.18 Å². The van der Waals surface area contributed by atoms with E-state index in [1.54, 1.807) is 25.1 Å². The molecule has 142 valence electrons. The summed E-state index contributed by atoms with van der Waals surface area (Å²) in [6, 6.07) is 11.1. The van der Waals surface area contributed by atoms with Gasteiger partial charge in [-0.2, -0.15) is 0 Å². The molecule has 0 saturated carbocycles. The number of nitrogens with zero attached hydrogens (tertiary/aromatic N) is 2. The van der Waals surface area contributed by atoms with Gasteiger partial charge in [0.25, 0.3) is 5.91 Å². The highest BCUT2D eigenvalue weighted by Crippen LogP contribution is 2.29. The maximum absolute atomic E-state index is 12.9. The minimum atomic E-state index is -0.325. The van der Waals surface area contributed by atoms with Crippen LogP contribution in [0.1, 0.15) is 20.4 Å². The third kappa shape index (κ3) is 4.14. The smallest absolute Gasteiger partial charge is 0.269 e. The van der Waals surface area contributed by atoms with Crippen LogP contribution in [-0.4, -0.2) is 15.9 Å². The molecule has 2 aromatic carbocycles. The zero-order valence-corrected chi connectivity index (χ0v) is 16.9. The van der Waals surface area contributed by atoms with Gasteiger partial charge in [-0.1, -0.05) is 22.9 Å². The van der Waals surface area contributed by atoms with Gasteiger partial charge >= 0.3 is 0 Å². The summed E-state index contributed by atoms with van der Waals surface area (Å²) in [7, 11) is 0. The number of carbonyl (C=O) groups excluding carboxylic acids is 1. The molecule has 2 aromatic heterocycles. The molecule has 1 N–H and O–H groups in total. The Bertz CT molecular complexity index is 1160. The van der Waals surface area contributed by atoms with Gasteiger partial charge in [0.15, 0.2) is 5.13 Å². The summed E-state index contributed by atoms with van der Waals surface area (Å²) >= 11 is 8.60. The summed E-state index contributed by atoms with van der Waals surface area (Å²) in [5.41, 5.74) is 1.39. The lowest BCUT2D eigenvalue weighted by atomic mass is 10.3. The maximum atomic E-state index is 12.9. The predicted octanol–water partition coefficient (Wildman–Crippen LogP) is 5.69. The molecule has 28 heavy (non-hydrogen) atoms. The van der Waals surface area contributed by atoms with Gasteiger partial charge < -0.3 is 4.74 Å². The van der Waals surface area contributed by atoms with Crippen LogP contribution in [0.5, 0.6) is 5.75 Å². The third-order valence-corrected chi connectivity index (χ3v) is 6.09. The first-order valence-electron chi connectivity index (χ1n) is 8.20. The molecule has 0 aliphatic heterocycles. The molecule has 5 nitrogen and oxygen atoms in total. The van der Waals surface area contributed by atoms with Crippen molar-refractivity contribution in [1.82, 2.24) is 9.97 Å². The zero-order chi connectivity index (χ0) is 19.7. The Morgan fingerprint density at radius 1 is 1.18 bits per heavy atom. The van der Waals surface area contributed by atoms with E-state index < -0.39 is 0 Å². The number of aryl methyl sites for hydroxylation is 1. The second-order valence-corrected chi connectivity index (χ2v) is 8.40. The Morgan fingerprint density at radius 2 is 1.96 bits per heavy atom. The van der Waals surface area contributed by atoms with Crippen LogP contribution >= 0.6 is 34.3 Å². The number of benzene rings is 2. The van der Waals surface area contributed by atoms with Crippen LogP contribution in [0.3, 0.4) is 0 Å². The lowest BCUT2D eigenvalue weighted by Crippen LogP contribution is -2.11. The molecule has 0 spiro atoms. The molecule has 0 aliphatic rings. The van der Waals surface area contributed by atoms with Crippen molar-refractivity contribution in [1.29, 1.82) is 0 Å². The van der Waals surface area contributed by atoms with E-state index in [0.717, 1.165) is 10.2 Å². The number of nitrogens with one attached hydrogen (secondary N) is 1. The molecular weight excluding hydrogens is 421 g/mol. The van der Waals surface area contributed by atoms with Crippen molar-refractivity contribution in [3.8, 4) is 5.75 Å². The summed E-state index contributed by atoms with van der Waals surface area (Å²) in [6.45, 7) is 1.97. The molecule has 0 atom stereocenters.